The van der Waals surface area contributed by atoms with Crippen molar-refractivity contribution in [2.24, 2.45) is 0 Å². The highest BCUT2D eigenvalue weighted by Crippen LogP contribution is 2.06. The van der Waals surface area contributed by atoms with Gasteiger partial charge in [0, 0.05) is 0 Å². The minimum Gasteiger partial charge on any atom is -0.106 e. The fraction of sp³-hybridized carbons (Fsp3) is 0. The van der Waals surface area contributed by atoms with Gasteiger partial charge in [-0.1, -0.05) is 24.3 Å². The average molecular weight is 111 g/mol. The van der Waals surface area contributed by atoms with Gasteiger partial charge in [-0.2, -0.15) is 0 Å². The fourth-order valence-corrected chi connectivity index (χ4v) is 0.809. The molecule has 0 aromatic carbocycles. The van der Waals surface area contributed by atoms with Crippen LogP contribution in [-0.2, 0) is 0 Å². The Kier molecular flexibility index (Phi) is 1.82. The van der Waals surface area contributed by atoms with Crippen molar-refractivity contribution in [3.05, 3.63) is 35.1 Å². The largest absolute Gasteiger partial charge is 1.00 e. The Labute approximate surface area is 49.1 Å². The predicted octanol–water partition coefficient (Wildman–Crippen LogP) is 2.43. The Morgan fingerprint density at radius 2 is 1.43 bits per heavy atom. The van der Waals surface area contributed by atoms with Crippen molar-refractivity contribution < 1.29 is 1.43 Å². The lowest BCUT2D eigenvalue weighted by molar-refractivity contribution is 1.98. The topological polar surface area (TPSA) is 0 Å². The molecular weight excluding hydrogens is 104 g/mol. The summed E-state index contributed by atoms with van der Waals surface area (Å²) in [5.41, 5.74) is 0. The molecular formula is C6H7S+. The molecule has 1 heteroatoms. The first-order valence-electron chi connectivity index (χ1n) is 2.14. The van der Waals surface area contributed by atoms with E-state index in [2.05, 4.69) is 0 Å². The van der Waals surface area contributed by atoms with Crippen LogP contribution in [0.2, 0.25) is 0 Å². The number of hydrogen-bond donors (Lipinski definition) is 0. The summed E-state index contributed by atoms with van der Waals surface area (Å²) in [6.07, 6.45) is 8.06. The summed E-state index contributed by atoms with van der Waals surface area (Å²) in [7, 11) is 0. The smallest absolute Gasteiger partial charge is 0.106 e. The van der Waals surface area contributed by atoms with E-state index in [1.54, 1.807) is 11.8 Å². The van der Waals surface area contributed by atoms with Crippen molar-refractivity contribution in [2.45, 2.75) is 0 Å². The first-order chi connectivity index (χ1) is 3.50. The van der Waals surface area contributed by atoms with Crippen LogP contribution in [-0.4, -0.2) is 0 Å². The quantitative estimate of drug-likeness (QED) is 0.462. The van der Waals surface area contributed by atoms with Gasteiger partial charge in [0.25, 0.3) is 0 Å². The molecule has 0 aromatic rings. The van der Waals surface area contributed by atoms with Crippen LogP contribution in [0, 0.1) is 0 Å². The van der Waals surface area contributed by atoms with E-state index in [1.165, 1.54) is 0 Å². The van der Waals surface area contributed by atoms with Crippen LogP contribution in [0.4, 0.5) is 0 Å². The third-order valence-corrected chi connectivity index (χ3v) is 1.28. The second kappa shape index (κ2) is 2.69. The summed E-state index contributed by atoms with van der Waals surface area (Å²) < 4.78 is 0. The Morgan fingerprint density at radius 3 is 2.00 bits per heavy atom. The molecule has 0 bridgehead atoms. The first-order valence-corrected chi connectivity index (χ1v) is 3.08. The van der Waals surface area contributed by atoms with Crippen molar-refractivity contribution in [2.75, 3.05) is 0 Å². The van der Waals surface area contributed by atoms with E-state index in [0.717, 1.165) is 0 Å². The molecule has 0 aromatic heterocycles. The Bertz CT molecular complexity index is 110. The van der Waals surface area contributed by atoms with Crippen molar-refractivity contribution in [3.63, 3.8) is 0 Å². The monoisotopic (exact) mass is 111 g/mol. The number of thioether (sulfide) groups is 1. The van der Waals surface area contributed by atoms with Crippen LogP contribution < -0.4 is 0 Å². The van der Waals surface area contributed by atoms with Gasteiger partial charge in [0.05, 0.1) is 0 Å². The third kappa shape index (κ3) is 1.64. The third-order valence-electron chi connectivity index (χ3n) is 0.648. The van der Waals surface area contributed by atoms with Gasteiger partial charge >= 0.3 is 1.43 Å². The van der Waals surface area contributed by atoms with Crippen molar-refractivity contribution in [3.8, 4) is 0 Å². The minimum absolute atomic E-state index is 0. The highest BCUT2D eigenvalue weighted by molar-refractivity contribution is 8.04. The molecule has 1 aliphatic rings. The van der Waals surface area contributed by atoms with E-state index in [9.17, 15) is 0 Å². The number of rotatable bonds is 0. The van der Waals surface area contributed by atoms with Gasteiger partial charge < -0.3 is 0 Å². The highest BCUT2D eigenvalue weighted by Gasteiger charge is 1.70. The van der Waals surface area contributed by atoms with E-state index < -0.39 is 0 Å². The summed E-state index contributed by atoms with van der Waals surface area (Å²) >= 11 is 1.69. The summed E-state index contributed by atoms with van der Waals surface area (Å²) in [6.45, 7) is 0. The van der Waals surface area contributed by atoms with Crippen LogP contribution in [0.25, 0.3) is 0 Å². The fourth-order valence-electron chi connectivity index (χ4n) is 0.355. The molecule has 0 unspecified atom stereocenters. The lowest BCUT2D eigenvalue weighted by Crippen LogP contribution is -1.38. The zero-order valence-corrected chi connectivity index (χ0v) is 4.69. The summed E-state index contributed by atoms with van der Waals surface area (Å²) in [5, 5.41) is 4.08. The van der Waals surface area contributed by atoms with Gasteiger partial charge in [-0.15, -0.1) is 11.8 Å². The highest BCUT2D eigenvalue weighted by atomic mass is 32.2. The molecule has 0 radical (unpaired) electrons. The summed E-state index contributed by atoms with van der Waals surface area (Å²) in [5.74, 6) is 0. The molecule has 0 aliphatic carbocycles. The second-order valence-electron chi connectivity index (χ2n) is 1.18. The van der Waals surface area contributed by atoms with Crippen LogP contribution in [0.3, 0.4) is 0 Å². The van der Waals surface area contributed by atoms with E-state index >= 15 is 0 Å². The van der Waals surface area contributed by atoms with Gasteiger partial charge in [-0.25, -0.2) is 0 Å². The maximum Gasteiger partial charge on any atom is 1.00 e. The van der Waals surface area contributed by atoms with E-state index in [-0.39, 0.29) is 1.43 Å². The van der Waals surface area contributed by atoms with Crippen molar-refractivity contribution >= 4 is 11.8 Å². The predicted molar refractivity (Wildman–Crippen MR) is 36.1 cm³/mol. The van der Waals surface area contributed by atoms with Crippen LogP contribution >= 0.6 is 11.8 Å². The van der Waals surface area contributed by atoms with Crippen molar-refractivity contribution in [1.29, 1.82) is 0 Å². The standard InChI is InChI=1S/C6H6S/c1-2-4-6-7-5-3-1/h1-6H/p+1. The molecule has 0 N–H and O–H groups in total. The van der Waals surface area contributed by atoms with Gasteiger partial charge in [0.1, 0.15) is 0 Å². The average Bonchev–Trinajstić information content (AvgIpc) is 1.90. The number of allylic oxidation sites excluding steroid dienone is 4. The molecule has 0 nitrogen and oxygen atoms in total. The zero-order valence-electron chi connectivity index (χ0n) is 4.87. The zero-order chi connectivity index (χ0) is 4.95. The van der Waals surface area contributed by atoms with Gasteiger partial charge in [0.15, 0.2) is 0 Å². The molecule has 1 aliphatic heterocycles. The minimum atomic E-state index is 0. The lowest BCUT2D eigenvalue weighted by atomic mass is 10.5. The molecule has 0 spiro atoms. The summed E-state index contributed by atoms with van der Waals surface area (Å²) in [6, 6.07) is 0. The molecule has 0 saturated heterocycles. The Hall–Kier alpha value is -0.430. The van der Waals surface area contributed by atoms with E-state index in [4.69, 9.17) is 0 Å². The van der Waals surface area contributed by atoms with Gasteiger partial charge in [0.2, 0.25) is 0 Å². The second-order valence-corrected chi connectivity index (χ2v) is 1.99. The van der Waals surface area contributed by atoms with Crippen LogP contribution in [0.1, 0.15) is 1.43 Å². The Balaban J connectivity index is 0.000000490. The molecule has 0 atom stereocenters. The maximum absolute atomic E-state index is 2.04. The van der Waals surface area contributed by atoms with Crippen LogP contribution in [0.5, 0.6) is 0 Å². The molecule has 0 fully saturated rings. The summed E-state index contributed by atoms with van der Waals surface area (Å²) in [4.78, 5) is 0. The molecule has 7 heavy (non-hydrogen) atoms. The van der Waals surface area contributed by atoms with Crippen molar-refractivity contribution in [1.82, 2.24) is 0 Å². The number of hydrogen-bond acceptors (Lipinski definition) is 1. The molecule has 0 saturated carbocycles. The van der Waals surface area contributed by atoms with Gasteiger partial charge in [-0.3, -0.25) is 0 Å². The van der Waals surface area contributed by atoms with E-state index in [1.807, 2.05) is 35.1 Å². The normalized spacial score (nSPS) is 17.1. The molecule has 0 amide bonds. The molecule has 1 rings (SSSR count). The van der Waals surface area contributed by atoms with Gasteiger partial charge in [-0.05, 0) is 10.8 Å². The Morgan fingerprint density at radius 1 is 0.857 bits per heavy atom. The lowest BCUT2D eigenvalue weighted by Gasteiger charge is -1.69. The maximum atomic E-state index is 2.04. The van der Waals surface area contributed by atoms with Crippen LogP contribution in [0.15, 0.2) is 35.1 Å². The molecule has 1 heterocycles. The SMILES string of the molecule is C1=CC=CSC=C1.[H+]. The van der Waals surface area contributed by atoms with E-state index in [0.29, 0.717) is 0 Å². The first kappa shape index (κ1) is 4.72. The molecule has 36 valence electrons.